The number of benzene rings is 2. The summed E-state index contributed by atoms with van der Waals surface area (Å²) < 4.78 is 26.4. The largest absolute Gasteiger partial charge is 0.355 e. The van der Waals surface area contributed by atoms with Gasteiger partial charge in [0.15, 0.2) is 11.6 Å². The van der Waals surface area contributed by atoms with Crippen molar-refractivity contribution < 1.29 is 8.78 Å². The Labute approximate surface area is 145 Å². The van der Waals surface area contributed by atoms with Crippen molar-refractivity contribution in [1.29, 1.82) is 0 Å². The van der Waals surface area contributed by atoms with Gasteiger partial charge in [-0.15, -0.1) is 0 Å². The highest BCUT2D eigenvalue weighted by Crippen LogP contribution is 2.21. The van der Waals surface area contributed by atoms with Crippen LogP contribution in [0.15, 0.2) is 54.6 Å². The molecule has 4 nitrogen and oxygen atoms in total. The van der Waals surface area contributed by atoms with E-state index in [0.29, 0.717) is 23.9 Å². The lowest BCUT2D eigenvalue weighted by Gasteiger charge is -2.19. The number of nitrogens with zero attached hydrogens (tertiary/aromatic N) is 3. The number of anilines is 3. The molecule has 0 amide bonds. The summed E-state index contributed by atoms with van der Waals surface area (Å²) in [7, 11) is 1.94. The van der Waals surface area contributed by atoms with E-state index in [-0.39, 0.29) is 0 Å². The zero-order valence-corrected chi connectivity index (χ0v) is 14.0. The Balaban J connectivity index is 1.81. The maximum atomic E-state index is 13.4. The molecule has 3 aromatic rings. The van der Waals surface area contributed by atoms with Gasteiger partial charge in [-0.05, 0) is 24.6 Å². The highest BCUT2D eigenvalue weighted by molar-refractivity contribution is 5.59. The third-order valence-corrected chi connectivity index (χ3v) is 3.67. The molecule has 0 atom stereocenters. The third-order valence-electron chi connectivity index (χ3n) is 3.67. The summed E-state index contributed by atoms with van der Waals surface area (Å²) in [5.41, 5.74) is 1.59. The normalized spacial score (nSPS) is 10.6. The Morgan fingerprint density at radius 2 is 1.72 bits per heavy atom. The van der Waals surface area contributed by atoms with Gasteiger partial charge in [-0.2, -0.15) is 0 Å². The van der Waals surface area contributed by atoms with Gasteiger partial charge in [0.1, 0.15) is 17.5 Å². The standard InChI is InChI=1S/C19H18F2N4/c1-13-22-18(24-15-8-9-16(20)17(21)10-15)11-19(23-13)25(2)12-14-6-4-3-5-7-14/h3-11H,12H2,1-2H3,(H,22,23,24). The number of aromatic nitrogens is 2. The van der Waals surface area contributed by atoms with Crippen LogP contribution in [0.5, 0.6) is 0 Å². The molecular weight excluding hydrogens is 322 g/mol. The lowest BCUT2D eigenvalue weighted by molar-refractivity contribution is 0.509. The number of halogens is 2. The fourth-order valence-corrected chi connectivity index (χ4v) is 2.47. The second kappa shape index (κ2) is 7.25. The molecule has 3 rings (SSSR count). The summed E-state index contributed by atoms with van der Waals surface area (Å²) in [6, 6.07) is 15.5. The first-order valence-electron chi connectivity index (χ1n) is 7.84. The van der Waals surface area contributed by atoms with Crippen LogP contribution in [0.1, 0.15) is 11.4 Å². The van der Waals surface area contributed by atoms with E-state index in [2.05, 4.69) is 15.3 Å². The topological polar surface area (TPSA) is 41.1 Å². The van der Waals surface area contributed by atoms with Gasteiger partial charge in [-0.3, -0.25) is 0 Å². The number of hydrogen-bond donors (Lipinski definition) is 1. The third kappa shape index (κ3) is 4.29. The zero-order chi connectivity index (χ0) is 17.8. The van der Waals surface area contributed by atoms with E-state index in [1.165, 1.54) is 6.07 Å². The molecule has 0 aliphatic carbocycles. The molecule has 6 heteroatoms. The minimum atomic E-state index is -0.905. The fraction of sp³-hybridized carbons (Fsp3) is 0.158. The van der Waals surface area contributed by atoms with Gasteiger partial charge in [0.05, 0.1) is 0 Å². The van der Waals surface area contributed by atoms with Crippen LogP contribution < -0.4 is 10.2 Å². The monoisotopic (exact) mass is 340 g/mol. The maximum Gasteiger partial charge on any atom is 0.160 e. The van der Waals surface area contributed by atoms with Crippen LogP contribution >= 0.6 is 0 Å². The quantitative estimate of drug-likeness (QED) is 0.745. The molecule has 0 radical (unpaired) electrons. The van der Waals surface area contributed by atoms with E-state index in [4.69, 9.17) is 0 Å². The Hall–Kier alpha value is -3.02. The van der Waals surface area contributed by atoms with Crippen molar-refractivity contribution in [3.8, 4) is 0 Å². The van der Waals surface area contributed by atoms with E-state index in [0.717, 1.165) is 23.5 Å². The fourth-order valence-electron chi connectivity index (χ4n) is 2.47. The molecule has 128 valence electrons. The molecule has 0 saturated heterocycles. The summed E-state index contributed by atoms with van der Waals surface area (Å²) in [6.07, 6.45) is 0. The average Bonchev–Trinajstić information content (AvgIpc) is 2.58. The second-order valence-electron chi connectivity index (χ2n) is 5.75. The molecule has 1 heterocycles. The van der Waals surface area contributed by atoms with Gasteiger partial charge in [0.25, 0.3) is 0 Å². The van der Waals surface area contributed by atoms with E-state index in [1.807, 2.05) is 42.3 Å². The molecule has 0 bridgehead atoms. The summed E-state index contributed by atoms with van der Waals surface area (Å²) in [5.74, 6) is 0.0576. The van der Waals surface area contributed by atoms with Crippen molar-refractivity contribution in [3.05, 3.63) is 77.6 Å². The molecule has 0 aliphatic heterocycles. The smallest absolute Gasteiger partial charge is 0.160 e. The predicted molar refractivity (Wildman–Crippen MR) is 95.0 cm³/mol. The Morgan fingerprint density at radius 1 is 0.960 bits per heavy atom. The number of rotatable bonds is 5. The van der Waals surface area contributed by atoms with Crippen molar-refractivity contribution in [2.24, 2.45) is 0 Å². The Morgan fingerprint density at radius 3 is 2.44 bits per heavy atom. The van der Waals surface area contributed by atoms with Crippen LogP contribution in [0.2, 0.25) is 0 Å². The van der Waals surface area contributed by atoms with E-state index in [1.54, 1.807) is 13.0 Å². The van der Waals surface area contributed by atoms with Crippen LogP contribution in [0.3, 0.4) is 0 Å². The highest BCUT2D eigenvalue weighted by atomic mass is 19.2. The molecule has 25 heavy (non-hydrogen) atoms. The van der Waals surface area contributed by atoms with Crippen LogP contribution in [-0.2, 0) is 6.54 Å². The van der Waals surface area contributed by atoms with Crippen molar-refractivity contribution >= 4 is 17.3 Å². The molecule has 1 N–H and O–H groups in total. The van der Waals surface area contributed by atoms with E-state index >= 15 is 0 Å². The second-order valence-corrected chi connectivity index (χ2v) is 5.75. The average molecular weight is 340 g/mol. The first-order valence-corrected chi connectivity index (χ1v) is 7.84. The van der Waals surface area contributed by atoms with Gasteiger partial charge in [-0.1, -0.05) is 30.3 Å². The molecule has 2 aromatic carbocycles. The van der Waals surface area contributed by atoms with Crippen molar-refractivity contribution in [3.63, 3.8) is 0 Å². The first-order chi connectivity index (χ1) is 12.0. The molecule has 0 unspecified atom stereocenters. The SMILES string of the molecule is Cc1nc(Nc2ccc(F)c(F)c2)cc(N(C)Cc2ccccc2)n1. The van der Waals surface area contributed by atoms with Gasteiger partial charge < -0.3 is 10.2 Å². The summed E-state index contributed by atoms with van der Waals surface area (Å²) in [5, 5.41) is 2.99. The molecule has 0 spiro atoms. The van der Waals surface area contributed by atoms with Gasteiger partial charge in [0, 0.05) is 31.4 Å². The first kappa shape index (κ1) is 16.8. The lowest BCUT2D eigenvalue weighted by atomic mass is 10.2. The van der Waals surface area contributed by atoms with Crippen molar-refractivity contribution in [2.75, 3.05) is 17.3 Å². The Bertz CT molecular complexity index is 869. The maximum absolute atomic E-state index is 13.4. The highest BCUT2D eigenvalue weighted by Gasteiger charge is 2.09. The van der Waals surface area contributed by atoms with Gasteiger partial charge >= 0.3 is 0 Å². The molecular formula is C19H18F2N4. The Kier molecular flexibility index (Phi) is 4.88. The number of nitrogens with one attached hydrogen (secondary N) is 1. The number of aryl methyl sites for hydroxylation is 1. The summed E-state index contributed by atoms with van der Waals surface area (Å²) in [4.78, 5) is 10.7. The molecule has 0 fully saturated rings. The van der Waals surface area contributed by atoms with Crippen LogP contribution in [0.25, 0.3) is 0 Å². The van der Waals surface area contributed by atoms with E-state index in [9.17, 15) is 8.78 Å². The summed E-state index contributed by atoms with van der Waals surface area (Å²) in [6.45, 7) is 2.48. The van der Waals surface area contributed by atoms with Crippen LogP contribution in [0.4, 0.5) is 26.1 Å². The summed E-state index contributed by atoms with van der Waals surface area (Å²) >= 11 is 0. The lowest BCUT2D eigenvalue weighted by Crippen LogP contribution is -2.18. The van der Waals surface area contributed by atoms with Crippen molar-refractivity contribution in [2.45, 2.75) is 13.5 Å². The van der Waals surface area contributed by atoms with E-state index < -0.39 is 11.6 Å². The zero-order valence-electron chi connectivity index (χ0n) is 14.0. The molecule has 1 aromatic heterocycles. The minimum absolute atomic E-state index is 0.425. The minimum Gasteiger partial charge on any atom is -0.355 e. The van der Waals surface area contributed by atoms with Crippen molar-refractivity contribution in [1.82, 2.24) is 9.97 Å². The molecule has 0 aliphatic rings. The molecule has 0 saturated carbocycles. The van der Waals surface area contributed by atoms with Crippen LogP contribution in [0, 0.1) is 18.6 Å². The number of hydrogen-bond acceptors (Lipinski definition) is 4. The van der Waals surface area contributed by atoms with Crippen LogP contribution in [-0.4, -0.2) is 17.0 Å². The predicted octanol–water partition coefficient (Wildman–Crippen LogP) is 4.44. The van der Waals surface area contributed by atoms with Gasteiger partial charge in [-0.25, -0.2) is 18.7 Å². The van der Waals surface area contributed by atoms with Gasteiger partial charge in [0.2, 0.25) is 0 Å².